The Morgan fingerprint density at radius 2 is 1.57 bits per heavy atom. The van der Waals surface area contributed by atoms with Crippen molar-refractivity contribution < 1.29 is 14.3 Å². The monoisotopic (exact) mass is 478 g/mol. The molecular weight excluding hydrogens is 440 g/mol. The number of hydrogen-bond donors (Lipinski definition) is 2. The van der Waals surface area contributed by atoms with Gasteiger partial charge in [0.25, 0.3) is 0 Å². The Bertz CT molecular complexity index is 982. The maximum absolute atomic E-state index is 12.5. The molecule has 7 nitrogen and oxygen atoms in total. The van der Waals surface area contributed by atoms with Crippen LogP contribution in [0.25, 0.3) is 0 Å². The molecular formula is C28H38N4O3. The molecule has 188 valence electrons. The first kappa shape index (κ1) is 26.6. The largest absolute Gasteiger partial charge is 0.443 e. The van der Waals surface area contributed by atoms with Crippen molar-refractivity contribution in [2.24, 2.45) is 4.99 Å². The van der Waals surface area contributed by atoms with Gasteiger partial charge in [-0.15, -0.1) is 0 Å². The molecule has 35 heavy (non-hydrogen) atoms. The van der Waals surface area contributed by atoms with Crippen LogP contribution >= 0.6 is 0 Å². The number of carbonyl (C=O) groups is 2. The zero-order valence-electron chi connectivity index (χ0n) is 21.2. The quantitative estimate of drug-likeness (QED) is 0.456. The van der Waals surface area contributed by atoms with Crippen molar-refractivity contribution in [3.05, 3.63) is 71.3 Å². The first-order chi connectivity index (χ1) is 16.8. The maximum Gasteiger partial charge on any atom is 0.416 e. The zero-order chi connectivity index (χ0) is 25.1. The van der Waals surface area contributed by atoms with E-state index >= 15 is 0 Å². The van der Waals surface area contributed by atoms with E-state index in [0.717, 1.165) is 31.5 Å². The van der Waals surface area contributed by atoms with E-state index in [-0.39, 0.29) is 11.9 Å². The van der Waals surface area contributed by atoms with Crippen LogP contribution in [0.2, 0.25) is 0 Å². The van der Waals surface area contributed by atoms with Crippen LogP contribution in [-0.4, -0.2) is 67.5 Å². The van der Waals surface area contributed by atoms with Gasteiger partial charge in [0.2, 0.25) is 0 Å². The molecule has 1 heterocycles. The number of nitrogens with zero attached hydrogens (tertiary/aromatic N) is 2. The SMILES string of the molecule is CC(C)(C)OC(=O)N1CCN=C1c1ccc(CCNCC(=O)CCNCCc2ccccc2)cc1. The van der Waals surface area contributed by atoms with Gasteiger partial charge in [0.1, 0.15) is 17.2 Å². The van der Waals surface area contributed by atoms with E-state index in [1.807, 2.05) is 63.2 Å². The van der Waals surface area contributed by atoms with Gasteiger partial charge in [-0.05, 0) is 57.8 Å². The summed E-state index contributed by atoms with van der Waals surface area (Å²) in [5, 5.41) is 6.58. The second kappa shape index (κ2) is 13.2. The van der Waals surface area contributed by atoms with Crippen LogP contribution < -0.4 is 10.6 Å². The molecule has 1 aliphatic rings. The number of hydrogen-bond acceptors (Lipinski definition) is 6. The predicted molar refractivity (Wildman–Crippen MR) is 140 cm³/mol. The smallest absolute Gasteiger partial charge is 0.416 e. The van der Waals surface area contributed by atoms with E-state index in [1.54, 1.807) is 4.90 Å². The van der Waals surface area contributed by atoms with Gasteiger partial charge in [-0.1, -0.05) is 54.6 Å². The van der Waals surface area contributed by atoms with Gasteiger partial charge in [0.05, 0.1) is 19.6 Å². The molecule has 0 saturated heterocycles. The fraction of sp³-hybridized carbons (Fsp3) is 0.464. The summed E-state index contributed by atoms with van der Waals surface area (Å²) in [6.07, 6.45) is 1.97. The number of amidine groups is 1. The second-order valence-corrected chi connectivity index (χ2v) is 9.74. The van der Waals surface area contributed by atoms with Crippen LogP contribution in [-0.2, 0) is 22.4 Å². The minimum absolute atomic E-state index is 0.217. The summed E-state index contributed by atoms with van der Waals surface area (Å²) in [5.74, 6) is 0.876. The lowest BCUT2D eigenvalue weighted by Gasteiger charge is -2.25. The number of carbonyl (C=O) groups excluding carboxylic acids is 2. The summed E-state index contributed by atoms with van der Waals surface area (Å²) in [7, 11) is 0. The van der Waals surface area contributed by atoms with E-state index in [9.17, 15) is 9.59 Å². The Labute approximate surface area is 209 Å². The predicted octanol–water partition coefficient (Wildman–Crippen LogP) is 3.61. The molecule has 0 aromatic heterocycles. The van der Waals surface area contributed by atoms with Crippen molar-refractivity contribution in [1.82, 2.24) is 15.5 Å². The third-order valence-corrected chi connectivity index (χ3v) is 5.59. The summed E-state index contributed by atoms with van der Waals surface area (Å²) in [5.41, 5.74) is 2.83. The molecule has 0 spiro atoms. The Balaban J connectivity index is 1.31. The maximum atomic E-state index is 12.5. The fourth-order valence-corrected chi connectivity index (χ4v) is 3.79. The number of benzene rings is 2. The molecule has 2 aromatic rings. The molecule has 0 saturated carbocycles. The van der Waals surface area contributed by atoms with Crippen LogP contribution in [0.4, 0.5) is 4.79 Å². The highest BCUT2D eigenvalue weighted by atomic mass is 16.6. The molecule has 0 fully saturated rings. The van der Waals surface area contributed by atoms with E-state index < -0.39 is 5.60 Å². The number of amides is 1. The topological polar surface area (TPSA) is 83.0 Å². The van der Waals surface area contributed by atoms with E-state index in [0.29, 0.717) is 38.4 Å². The van der Waals surface area contributed by atoms with Crippen molar-refractivity contribution >= 4 is 17.7 Å². The molecule has 1 aliphatic heterocycles. The number of aliphatic imine (C=N–C) groups is 1. The van der Waals surface area contributed by atoms with E-state index in [4.69, 9.17) is 4.74 Å². The van der Waals surface area contributed by atoms with Crippen LogP contribution in [0, 0.1) is 0 Å². The van der Waals surface area contributed by atoms with Crippen molar-refractivity contribution in [2.75, 3.05) is 39.3 Å². The van der Waals surface area contributed by atoms with E-state index in [1.165, 1.54) is 11.1 Å². The average molecular weight is 479 g/mol. The van der Waals surface area contributed by atoms with Gasteiger partial charge in [-0.3, -0.25) is 14.7 Å². The highest BCUT2D eigenvalue weighted by molar-refractivity contribution is 6.07. The summed E-state index contributed by atoms with van der Waals surface area (Å²) in [6.45, 7) is 9.40. The first-order valence-corrected chi connectivity index (χ1v) is 12.4. The minimum Gasteiger partial charge on any atom is -0.443 e. The minimum atomic E-state index is -0.540. The number of ketones is 1. The van der Waals surface area contributed by atoms with Gasteiger partial charge in [0.15, 0.2) is 0 Å². The Morgan fingerprint density at radius 3 is 2.26 bits per heavy atom. The Hall–Kier alpha value is -3.03. The van der Waals surface area contributed by atoms with Gasteiger partial charge < -0.3 is 15.4 Å². The molecule has 0 unspecified atom stereocenters. The van der Waals surface area contributed by atoms with Gasteiger partial charge in [-0.25, -0.2) is 4.79 Å². The molecule has 0 aliphatic carbocycles. The molecule has 2 N–H and O–H groups in total. The third kappa shape index (κ3) is 9.26. The van der Waals surface area contributed by atoms with Crippen molar-refractivity contribution in [3.8, 4) is 0 Å². The van der Waals surface area contributed by atoms with Crippen LogP contribution in [0.5, 0.6) is 0 Å². The third-order valence-electron chi connectivity index (χ3n) is 5.59. The van der Waals surface area contributed by atoms with Gasteiger partial charge in [0, 0.05) is 18.5 Å². The first-order valence-electron chi connectivity index (χ1n) is 12.4. The lowest BCUT2D eigenvalue weighted by atomic mass is 10.1. The van der Waals surface area contributed by atoms with Crippen LogP contribution in [0.1, 0.15) is 43.9 Å². The molecule has 7 heteroatoms. The summed E-state index contributed by atoms with van der Waals surface area (Å²) in [6, 6.07) is 18.4. The normalized spacial score (nSPS) is 13.6. The number of Topliss-reactive ketones (excluding diaryl/α,β-unsaturated/α-hetero) is 1. The molecule has 0 atom stereocenters. The van der Waals surface area contributed by atoms with Crippen molar-refractivity contribution in [3.63, 3.8) is 0 Å². The summed E-state index contributed by atoms with van der Waals surface area (Å²) >= 11 is 0. The summed E-state index contributed by atoms with van der Waals surface area (Å²) in [4.78, 5) is 30.7. The van der Waals surface area contributed by atoms with Crippen molar-refractivity contribution in [1.29, 1.82) is 0 Å². The number of rotatable bonds is 12. The van der Waals surface area contributed by atoms with Gasteiger partial charge in [-0.2, -0.15) is 0 Å². The molecule has 3 rings (SSSR count). The Kier molecular flexibility index (Phi) is 9.99. The summed E-state index contributed by atoms with van der Waals surface area (Å²) < 4.78 is 5.50. The van der Waals surface area contributed by atoms with Crippen molar-refractivity contribution in [2.45, 2.75) is 45.6 Å². The zero-order valence-corrected chi connectivity index (χ0v) is 21.2. The highest BCUT2D eigenvalue weighted by Crippen LogP contribution is 2.17. The Morgan fingerprint density at radius 1 is 0.914 bits per heavy atom. The second-order valence-electron chi connectivity index (χ2n) is 9.74. The standard InChI is InChI=1S/C28H38N4O3/c1-28(2,3)35-27(34)32-20-19-31-26(32)24-11-9-23(10-12-24)14-17-30-21-25(33)15-18-29-16-13-22-7-5-4-6-8-22/h4-12,29-30H,13-21H2,1-3H3. The molecule has 0 bridgehead atoms. The number of ether oxygens (including phenoxy) is 1. The molecule has 1 amide bonds. The average Bonchev–Trinajstić information content (AvgIpc) is 3.32. The molecule has 0 radical (unpaired) electrons. The fourth-order valence-electron chi connectivity index (χ4n) is 3.79. The van der Waals surface area contributed by atoms with E-state index in [2.05, 4.69) is 27.8 Å². The van der Waals surface area contributed by atoms with Crippen LogP contribution in [0.15, 0.2) is 59.6 Å². The lowest BCUT2D eigenvalue weighted by molar-refractivity contribution is -0.118. The number of nitrogens with one attached hydrogen (secondary N) is 2. The van der Waals surface area contributed by atoms with Gasteiger partial charge >= 0.3 is 6.09 Å². The highest BCUT2D eigenvalue weighted by Gasteiger charge is 2.29. The van der Waals surface area contributed by atoms with Crippen LogP contribution in [0.3, 0.4) is 0 Å². The molecule has 2 aromatic carbocycles. The lowest BCUT2D eigenvalue weighted by Crippen LogP contribution is -2.39.